The Morgan fingerprint density at radius 2 is 1.94 bits per heavy atom. The van der Waals surface area contributed by atoms with E-state index in [4.69, 9.17) is 4.55 Å². The van der Waals surface area contributed by atoms with Crippen LogP contribution in [-0.2, 0) is 10.1 Å². The van der Waals surface area contributed by atoms with Gasteiger partial charge in [-0.1, -0.05) is 0 Å². The number of aromatic nitrogens is 3. The number of fused-ring (bicyclic) bond motifs is 1. The van der Waals surface area contributed by atoms with E-state index in [0.29, 0.717) is 61.4 Å². The molecule has 14 heteroatoms. The average molecular weight is 525 g/mol. The number of carbonyl (C=O) groups is 1. The molecule has 11 nitrogen and oxygen atoms in total. The molecular formula is C22H26F2N6O5S. The molecule has 0 unspecified atom stereocenters. The summed E-state index contributed by atoms with van der Waals surface area (Å²) in [5.41, 5.74) is 1.21. The summed E-state index contributed by atoms with van der Waals surface area (Å²) in [6.07, 6.45) is 5.52. The van der Waals surface area contributed by atoms with E-state index in [9.17, 15) is 27.1 Å². The Labute approximate surface area is 206 Å². The highest BCUT2D eigenvalue weighted by atomic mass is 32.2. The van der Waals surface area contributed by atoms with E-state index in [1.54, 1.807) is 21.7 Å². The smallest absolute Gasteiger partial charge is 0.322 e. The summed E-state index contributed by atoms with van der Waals surface area (Å²) in [7, 11) is -3.67. The number of nitrogens with zero attached hydrogens (tertiary/aromatic N) is 5. The molecule has 0 aliphatic carbocycles. The van der Waals surface area contributed by atoms with E-state index < -0.39 is 27.9 Å². The maximum absolute atomic E-state index is 14.4. The Morgan fingerprint density at radius 3 is 2.64 bits per heavy atom. The van der Waals surface area contributed by atoms with Crippen molar-refractivity contribution in [2.75, 3.05) is 36.1 Å². The van der Waals surface area contributed by atoms with Crippen molar-refractivity contribution in [3.05, 3.63) is 53.9 Å². The lowest BCUT2D eigenvalue weighted by Crippen LogP contribution is -2.33. The number of likely N-dealkylation sites (tertiary alicyclic amines) is 1. The molecule has 0 spiro atoms. The summed E-state index contributed by atoms with van der Waals surface area (Å²) in [5.74, 6) is -0.310. The highest BCUT2D eigenvalue weighted by molar-refractivity contribution is 7.85. The van der Waals surface area contributed by atoms with Gasteiger partial charge in [0.15, 0.2) is 5.65 Å². The first-order valence-electron chi connectivity index (χ1n) is 11.2. The maximum atomic E-state index is 14.4. The molecule has 2 saturated heterocycles. The number of nitrogens with one attached hydrogen (secondary N) is 1. The summed E-state index contributed by atoms with van der Waals surface area (Å²) in [5, 5.41) is 16.7. The highest BCUT2D eigenvalue weighted by Crippen LogP contribution is 2.37. The number of aliphatic hydroxyl groups excluding tert-OH is 1. The Balaban J connectivity index is 0.000000556. The minimum absolute atomic E-state index is 0.290. The van der Waals surface area contributed by atoms with Crippen molar-refractivity contribution in [3.63, 3.8) is 0 Å². The minimum Gasteiger partial charge on any atom is -0.391 e. The number of amides is 2. The topological polar surface area (TPSA) is 140 Å². The molecule has 2 atom stereocenters. The zero-order chi connectivity index (χ0) is 26.0. The molecule has 5 rings (SSSR count). The first-order valence-corrected chi connectivity index (χ1v) is 13.1. The van der Waals surface area contributed by atoms with Crippen LogP contribution >= 0.6 is 0 Å². The number of aliphatic hydroxyl groups is 1. The van der Waals surface area contributed by atoms with Crippen LogP contribution in [0, 0.1) is 11.6 Å². The van der Waals surface area contributed by atoms with E-state index in [1.807, 2.05) is 4.90 Å². The van der Waals surface area contributed by atoms with Gasteiger partial charge in [0, 0.05) is 31.4 Å². The van der Waals surface area contributed by atoms with Crippen molar-refractivity contribution in [2.24, 2.45) is 0 Å². The maximum Gasteiger partial charge on any atom is 0.322 e. The zero-order valence-electron chi connectivity index (χ0n) is 19.4. The summed E-state index contributed by atoms with van der Waals surface area (Å²) >= 11 is 0. The van der Waals surface area contributed by atoms with E-state index in [0.717, 1.165) is 18.6 Å². The van der Waals surface area contributed by atoms with Crippen molar-refractivity contribution >= 4 is 33.3 Å². The largest absolute Gasteiger partial charge is 0.391 e. The number of anilines is 2. The predicted molar refractivity (Wildman–Crippen MR) is 127 cm³/mol. The summed E-state index contributed by atoms with van der Waals surface area (Å²) in [6.45, 7) is 1.43. The van der Waals surface area contributed by atoms with E-state index in [-0.39, 0.29) is 12.1 Å². The molecular weight excluding hydrogens is 498 g/mol. The molecule has 3 N–H and O–H groups in total. The first-order chi connectivity index (χ1) is 17.0. The van der Waals surface area contributed by atoms with Crippen LogP contribution in [0.3, 0.4) is 0 Å². The van der Waals surface area contributed by atoms with Gasteiger partial charge in [-0.3, -0.25) is 4.55 Å². The third-order valence-electron chi connectivity index (χ3n) is 5.91. The van der Waals surface area contributed by atoms with E-state index >= 15 is 0 Å². The van der Waals surface area contributed by atoms with Gasteiger partial charge in [-0.2, -0.15) is 13.5 Å². The number of hydrogen-bond acceptors (Lipinski definition) is 7. The number of carbonyl (C=O) groups excluding carboxylic acids is 1. The second-order valence-electron chi connectivity index (χ2n) is 8.68. The van der Waals surface area contributed by atoms with Crippen molar-refractivity contribution in [1.82, 2.24) is 19.5 Å². The average Bonchev–Trinajstić information content (AvgIpc) is 3.54. The first kappa shape index (κ1) is 25.7. The number of β-amino-alcohol motifs (C(OH)–C–C–N with tert-alkyl or cyclic N) is 1. The molecule has 0 radical (unpaired) electrons. The van der Waals surface area contributed by atoms with Crippen molar-refractivity contribution in [2.45, 2.75) is 31.4 Å². The Bertz CT molecular complexity index is 1360. The lowest BCUT2D eigenvalue weighted by atomic mass is 10.0. The molecule has 2 aromatic heterocycles. The molecule has 36 heavy (non-hydrogen) atoms. The third-order valence-corrected chi connectivity index (χ3v) is 5.91. The van der Waals surface area contributed by atoms with Gasteiger partial charge in [0.1, 0.15) is 23.1 Å². The third kappa shape index (κ3) is 6.06. The SMILES string of the molecule is CS(=O)(=O)O.O=C(Nc1cnn2ccc(N3CCC[C@@H]3c3cc(F)ccc3F)nc12)N1CC[C@H](O)C1. The van der Waals surface area contributed by atoms with Crippen LogP contribution in [0.5, 0.6) is 0 Å². The lowest BCUT2D eigenvalue weighted by molar-refractivity contribution is 0.176. The van der Waals surface area contributed by atoms with Gasteiger partial charge in [0.25, 0.3) is 10.1 Å². The van der Waals surface area contributed by atoms with Crippen LogP contribution in [0.4, 0.5) is 25.1 Å². The van der Waals surface area contributed by atoms with Crippen LogP contribution in [0.2, 0.25) is 0 Å². The number of halogens is 2. The molecule has 3 aromatic rings. The summed E-state index contributed by atoms with van der Waals surface area (Å²) < 4.78 is 55.6. The van der Waals surface area contributed by atoms with E-state index in [2.05, 4.69) is 15.4 Å². The van der Waals surface area contributed by atoms with Gasteiger partial charge in [0.05, 0.1) is 24.6 Å². The molecule has 2 aliphatic rings. The molecule has 4 heterocycles. The monoisotopic (exact) mass is 524 g/mol. The fourth-order valence-corrected chi connectivity index (χ4v) is 4.36. The van der Waals surface area contributed by atoms with Gasteiger partial charge in [-0.15, -0.1) is 0 Å². The van der Waals surface area contributed by atoms with E-state index in [1.165, 1.54) is 12.3 Å². The zero-order valence-corrected chi connectivity index (χ0v) is 20.2. The van der Waals surface area contributed by atoms with Crippen LogP contribution in [-0.4, -0.2) is 75.6 Å². The fourth-order valence-electron chi connectivity index (χ4n) is 4.36. The summed E-state index contributed by atoms with van der Waals surface area (Å²) in [4.78, 5) is 20.7. The second-order valence-corrected chi connectivity index (χ2v) is 10.1. The standard InChI is InChI=1S/C21H22F2N6O2.CH4O3S/c22-13-3-4-16(23)15(10-13)18-2-1-7-28(18)19-6-9-29-20(26-19)17(11-24-29)25-21(31)27-8-5-14(30)12-27;1-5(2,3)4/h3-4,6,9-11,14,18,30H,1-2,5,7-8,12H2,(H,25,31);1H3,(H,2,3,4)/t14-,18+;/m0./s1. The highest BCUT2D eigenvalue weighted by Gasteiger charge is 2.30. The summed E-state index contributed by atoms with van der Waals surface area (Å²) in [6, 6.07) is 4.64. The Morgan fingerprint density at radius 1 is 1.19 bits per heavy atom. The minimum atomic E-state index is -3.67. The molecule has 1 aromatic carbocycles. The van der Waals surface area contributed by atoms with Gasteiger partial charge >= 0.3 is 6.03 Å². The van der Waals surface area contributed by atoms with Gasteiger partial charge in [0.2, 0.25) is 0 Å². The molecule has 0 bridgehead atoms. The second kappa shape index (κ2) is 10.3. The number of benzene rings is 1. The quantitative estimate of drug-likeness (QED) is 0.444. The molecule has 2 aliphatic heterocycles. The van der Waals surface area contributed by atoms with Gasteiger partial charge in [-0.05, 0) is 43.5 Å². The van der Waals surface area contributed by atoms with Crippen LogP contribution < -0.4 is 10.2 Å². The number of urea groups is 1. The van der Waals surface area contributed by atoms with Crippen LogP contribution in [0.25, 0.3) is 5.65 Å². The van der Waals surface area contributed by atoms with Crippen LogP contribution in [0.15, 0.2) is 36.7 Å². The lowest BCUT2D eigenvalue weighted by Gasteiger charge is -2.26. The fraction of sp³-hybridized carbons (Fsp3) is 0.409. The molecule has 2 fully saturated rings. The van der Waals surface area contributed by atoms with Gasteiger partial charge in [-0.25, -0.2) is 23.1 Å². The van der Waals surface area contributed by atoms with Crippen molar-refractivity contribution in [1.29, 1.82) is 0 Å². The van der Waals surface area contributed by atoms with Crippen LogP contribution in [0.1, 0.15) is 30.9 Å². The predicted octanol–water partition coefficient (Wildman–Crippen LogP) is 2.45. The molecule has 194 valence electrons. The number of hydrogen-bond donors (Lipinski definition) is 3. The van der Waals surface area contributed by atoms with Gasteiger partial charge < -0.3 is 20.2 Å². The Kier molecular flexibility index (Phi) is 7.38. The normalized spacial score (nSPS) is 19.9. The Hall–Kier alpha value is -3.36. The van der Waals surface area contributed by atoms with Crippen molar-refractivity contribution < 1.29 is 31.7 Å². The number of rotatable bonds is 3. The molecule has 2 amide bonds. The van der Waals surface area contributed by atoms with Crippen molar-refractivity contribution in [3.8, 4) is 0 Å². The molecule has 0 saturated carbocycles.